The van der Waals surface area contributed by atoms with Gasteiger partial charge in [0, 0.05) is 31.5 Å². The van der Waals surface area contributed by atoms with Gasteiger partial charge in [0.2, 0.25) is 0 Å². The van der Waals surface area contributed by atoms with Gasteiger partial charge in [-0.1, -0.05) is 25.1 Å². The molecule has 0 bridgehead atoms. The average molecular weight is 256 g/mol. The highest BCUT2D eigenvalue weighted by molar-refractivity contribution is 5.57. The Morgan fingerprint density at radius 2 is 2.00 bits per heavy atom. The lowest BCUT2D eigenvalue weighted by atomic mass is 10.2. The third-order valence-corrected chi connectivity index (χ3v) is 2.95. The number of aromatic nitrogens is 1. The van der Waals surface area contributed by atoms with Crippen LogP contribution in [0.1, 0.15) is 18.9 Å². The number of rotatable bonds is 6. The van der Waals surface area contributed by atoms with Gasteiger partial charge >= 0.3 is 0 Å². The van der Waals surface area contributed by atoms with Crippen LogP contribution >= 0.6 is 0 Å². The van der Waals surface area contributed by atoms with Gasteiger partial charge in [-0.3, -0.25) is 4.98 Å². The molecule has 0 atom stereocenters. The molecule has 19 heavy (non-hydrogen) atoms. The lowest BCUT2D eigenvalue weighted by Gasteiger charge is -2.21. The minimum Gasteiger partial charge on any atom is -0.487 e. The van der Waals surface area contributed by atoms with Crippen LogP contribution in [-0.4, -0.2) is 18.6 Å². The number of anilines is 1. The van der Waals surface area contributed by atoms with Gasteiger partial charge in [0.1, 0.15) is 12.4 Å². The summed E-state index contributed by atoms with van der Waals surface area (Å²) in [6.07, 6.45) is 4.72. The van der Waals surface area contributed by atoms with Gasteiger partial charge in [0.15, 0.2) is 0 Å². The molecule has 1 aromatic carbocycles. The Bertz CT molecular complexity index is 499. The van der Waals surface area contributed by atoms with Gasteiger partial charge in [0.05, 0.1) is 5.69 Å². The molecule has 1 aromatic heterocycles. The molecule has 0 saturated carbocycles. The maximum Gasteiger partial charge on any atom is 0.143 e. The van der Waals surface area contributed by atoms with Gasteiger partial charge in [0.25, 0.3) is 0 Å². The molecule has 0 radical (unpaired) electrons. The van der Waals surface area contributed by atoms with Gasteiger partial charge in [-0.05, 0) is 24.6 Å². The van der Waals surface area contributed by atoms with E-state index in [0.717, 1.165) is 30.0 Å². The molecule has 0 spiro atoms. The SMILES string of the molecule is CCCN(C)c1ccccc1OCc1cccnc1. The summed E-state index contributed by atoms with van der Waals surface area (Å²) in [6.45, 7) is 3.74. The van der Waals surface area contributed by atoms with Crippen LogP contribution in [0.25, 0.3) is 0 Å². The van der Waals surface area contributed by atoms with Crippen LogP contribution in [-0.2, 0) is 6.61 Å². The van der Waals surface area contributed by atoms with Crippen molar-refractivity contribution in [1.29, 1.82) is 0 Å². The molecular weight excluding hydrogens is 236 g/mol. The second-order valence-electron chi connectivity index (χ2n) is 4.54. The smallest absolute Gasteiger partial charge is 0.143 e. The van der Waals surface area contributed by atoms with Crippen LogP contribution in [0.3, 0.4) is 0 Å². The Hall–Kier alpha value is -2.03. The van der Waals surface area contributed by atoms with Crippen LogP contribution in [0.2, 0.25) is 0 Å². The molecule has 2 rings (SSSR count). The molecule has 0 unspecified atom stereocenters. The van der Waals surface area contributed by atoms with E-state index in [4.69, 9.17) is 4.74 Å². The molecule has 0 fully saturated rings. The standard InChI is InChI=1S/C16H20N2O/c1-3-11-18(2)15-8-4-5-9-16(15)19-13-14-7-6-10-17-12-14/h4-10,12H,3,11,13H2,1-2H3. The zero-order chi connectivity index (χ0) is 13.5. The lowest BCUT2D eigenvalue weighted by Crippen LogP contribution is -2.18. The zero-order valence-electron chi connectivity index (χ0n) is 11.5. The number of hydrogen-bond donors (Lipinski definition) is 0. The van der Waals surface area contributed by atoms with E-state index < -0.39 is 0 Å². The Balaban J connectivity index is 2.07. The highest BCUT2D eigenvalue weighted by Gasteiger charge is 2.07. The number of nitrogens with zero attached hydrogens (tertiary/aromatic N) is 2. The first-order valence-corrected chi connectivity index (χ1v) is 6.63. The quantitative estimate of drug-likeness (QED) is 0.791. The van der Waals surface area contributed by atoms with Crippen molar-refractivity contribution >= 4 is 5.69 Å². The summed E-state index contributed by atoms with van der Waals surface area (Å²) in [4.78, 5) is 6.31. The molecule has 0 aliphatic carbocycles. The summed E-state index contributed by atoms with van der Waals surface area (Å²) in [6, 6.07) is 12.1. The van der Waals surface area contributed by atoms with Crippen molar-refractivity contribution in [1.82, 2.24) is 4.98 Å². The fraction of sp³-hybridized carbons (Fsp3) is 0.312. The van der Waals surface area contributed by atoms with Gasteiger partial charge in [-0.25, -0.2) is 0 Å². The van der Waals surface area contributed by atoms with Crippen molar-refractivity contribution < 1.29 is 4.74 Å². The monoisotopic (exact) mass is 256 g/mol. The van der Waals surface area contributed by atoms with Crippen LogP contribution in [0, 0.1) is 0 Å². The molecule has 100 valence electrons. The molecule has 2 aromatic rings. The number of ether oxygens (including phenoxy) is 1. The summed E-state index contributed by atoms with van der Waals surface area (Å²) in [5.74, 6) is 0.919. The molecule has 3 nitrogen and oxygen atoms in total. The van der Waals surface area contributed by atoms with Crippen molar-refractivity contribution in [3.8, 4) is 5.75 Å². The highest BCUT2D eigenvalue weighted by atomic mass is 16.5. The topological polar surface area (TPSA) is 25.4 Å². The van der Waals surface area contributed by atoms with Crippen molar-refractivity contribution in [3.05, 3.63) is 54.4 Å². The first-order valence-electron chi connectivity index (χ1n) is 6.63. The van der Waals surface area contributed by atoms with Crippen molar-refractivity contribution in [3.63, 3.8) is 0 Å². The van der Waals surface area contributed by atoms with Crippen molar-refractivity contribution in [2.75, 3.05) is 18.5 Å². The second kappa shape index (κ2) is 6.78. The predicted octanol–water partition coefficient (Wildman–Crippen LogP) is 3.51. The third kappa shape index (κ3) is 3.71. The van der Waals surface area contributed by atoms with E-state index in [1.54, 1.807) is 6.20 Å². The molecule has 0 saturated heterocycles. The van der Waals surface area contributed by atoms with E-state index >= 15 is 0 Å². The maximum absolute atomic E-state index is 5.91. The fourth-order valence-electron chi connectivity index (χ4n) is 2.00. The van der Waals surface area contributed by atoms with Gasteiger partial charge in [-0.2, -0.15) is 0 Å². The van der Waals surface area contributed by atoms with Crippen LogP contribution in [0.5, 0.6) is 5.75 Å². The molecule has 0 aliphatic rings. The number of hydrogen-bond acceptors (Lipinski definition) is 3. The normalized spacial score (nSPS) is 10.2. The second-order valence-corrected chi connectivity index (χ2v) is 4.54. The molecule has 0 amide bonds. The Morgan fingerprint density at radius 1 is 1.16 bits per heavy atom. The van der Waals surface area contributed by atoms with E-state index in [1.807, 2.05) is 36.5 Å². The molecule has 0 aliphatic heterocycles. The maximum atomic E-state index is 5.91. The molecule has 1 heterocycles. The predicted molar refractivity (Wildman–Crippen MR) is 78.6 cm³/mol. The van der Waals surface area contributed by atoms with Crippen LogP contribution in [0.4, 0.5) is 5.69 Å². The fourth-order valence-corrected chi connectivity index (χ4v) is 2.00. The summed E-state index contributed by atoms with van der Waals surface area (Å²) in [5, 5.41) is 0. The Morgan fingerprint density at radius 3 is 2.74 bits per heavy atom. The van der Waals surface area contributed by atoms with Crippen molar-refractivity contribution in [2.24, 2.45) is 0 Å². The summed E-state index contributed by atoms with van der Waals surface area (Å²) < 4.78 is 5.91. The zero-order valence-corrected chi connectivity index (χ0v) is 11.5. The summed E-state index contributed by atoms with van der Waals surface area (Å²) in [5.41, 5.74) is 2.21. The summed E-state index contributed by atoms with van der Waals surface area (Å²) >= 11 is 0. The Kier molecular flexibility index (Phi) is 4.78. The number of benzene rings is 1. The largest absolute Gasteiger partial charge is 0.487 e. The molecular formula is C16H20N2O. The third-order valence-electron chi connectivity index (χ3n) is 2.95. The number of para-hydroxylation sites is 2. The van der Waals surface area contributed by atoms with Gasteiger partial charge in [-0.15, -0.1) is 0 Å². The number of pyridine rings is 1. The minimum absolute atomic E-state index is 0.546. The molecule has 0 N–H and O–H groups in total. The lowest BCUT2D eigenvalue weighted by molar-refractivity contribution is 0.306. The van der Waals surface area contributed by atoms with E-state index in [1.165, 1.54) is 0 Å². The first kappa shape index (κ1) is 13.4. The summed E-state index contributed by atoms with van der Waals surface area (Å²) in [7, 11) is 2.09. The average Bonchev–Trinajstić information content (AvgIpc) is 2.47. The minimum atomic E-state index is 0.546. The van der Waals surface area contributed by atoms with Crippen molar-refractivity contribution in [2.45, 2.75) is 20.0 Å². The van der Waals surface area contributed by atoms with E-state index in [2.05, 4.69) is 29.9 Å². The van der Waals surface area contributed by atoms with E-state index in [0.29, 0.717) is 6.61 Å². The van der Waals surface area contributed by atoms with Crippen LogP contribution < -0.4 is 9.64 Å². The van der Waals surface area contributed by atoms with E-state index in [-0.39, 0.29) is 0 Å². The van der Waals surface area contributed by atoms with Gasteiger partial charge < -0.3 is 9.64 Å². The molecule has 3 heteroatoms. The first-order chi connectivity index (χ1) is 9.31. The van der Waals surface area contributed by atoms with Crippen LogP contribution in [0.15, 0.2) is 48.8 Å². The van der Waals surface area contributed by atoms with E-state index in [9.17, 15) is 0 Å². The Labute approximate surface area is 114 Å². The highest BCUT2D eigenvalue weighted by Crippen LogP contribution is 2.27.